The highest BCUT2D eigenvalue weighted by Gasteiger charge is 2.19. The van der Waals surface area contributed by atoms with E-state index in [1.165, 1.54) is 12.8 Å². The fourth-order valence-electron chi connectivity index (χ4n) is 2.35. The third kappa shape index (κ3) is 3.51. The first-order chi connectivity index (χ1) is 8.29. The normalized spacial score (nSPS) is 21.9. The molecule has 2 heterocycles. The molecule has 1 aliphatic rings. The highest BCUT2D eigenvalue weighted by Crippen LogP contribution is 2.22. The summed E-state index contributed by atoms with van der Waals surface area (Å²) in [6.07, 6.45) is 6.89. The molecule has 0 amide bonds. The van der Waals surface area contributed by atoms with E-state index in [2.05, 4.69) is 22.4 Å². The summed E-state index contributed by atoms with van der Waals surface area (Å²) in [7, 11) is 1.85. The predicted molar refractivity (Wildman–Crippen MR) is 65.6 cm³/mol. The van der Waals surface area contributed by atoms with Crippen LogP contribution in [0.25, 0.3) is 0 Å². The summed E-state index contributed by atoms with van der Waals surface area (Å²) in [5, 5.41) is 12.0. The topological polar surface area (TPSA) is 52.0 Å². The lowest BCUT2D eigenvalue weighted by Crippen LogP contribution is -2.23. The molecule has 0 radical (unpaired) electrons. The number of aromatic nitrogens is 3. The minimum Gasteiger partial charge on any atom is -0.378 e. The van der Waals surface area contributed by atoms with Gasteiger partial charge in [-0.1, -0.05) is 6.92 Å². The Labute approximate surface area is 103 Å². The largest absolute Gasteiger partial charge is 0.378 e. The minimum absolute atomic E-state index is 0.304. The average Bonchev–Trinajstić information content (AvgIpc) is 2.95. The van der Waals surface area contributed by atoms with E-state index in [-0.39, 0.29) is 0 Å². The molecule has 0 saturated carbocycles. The molecular formula is C12H22N4O. The molecule has 5 heteroatoms. The summed E-state index contributed by atoms with van der Waals surface area (Å²) in [5.74, 6) is 0. The van der Waals surface area contributed by atoms with Crippen LogP contribution < -0.4 is 5.32 Å². The highest BCUT2D eigenvalue weighted by atomic mass is 16.5. The lowest BCUT2D eigenvalue weighted by molar-refractivity contribution is 0.0995. The van der Waals surface area contributed by atoms with Gasteiger partial charge in [0.05, 0.1) is 24.0 Å². The molecule has 96 valence electrons. The van der Waals surface area contributed by atoms with E-state index < -0.39 is 0 Å². The Morgan fingerprint density at radius 2 is 2.53 bits per heavy atom. The molecule has 5 nitrogen and oxygen atoms in total. The Hall–Kier alpha value is -0.940. The predicted octanol–water partition coefficient (Wildman–Crippen LogP) is 1.42. The Morgan fingerprint density at radius 1 is 1.65 bits per heavy atom. The van der Waals surface area contributed by atoms with Gasteiger partial charge in [0, 0.05) is 13.7 Å². The van der Waals surface area contributed by atoms with Crippen molar-refractivity contribution in [3.63, 3.8) is 0 Å². The SMILES string of the molecule is CCNC(CCC1CCCO1)c1cnn(C)n1. The summed E-state index contributed by atoms with van der Waals surface area (Å²) in [6, 6.07) is 0.304. The van der Waals surface area contributed by atoms with Crippen LogP contribution in [-0.2, 0) is 11.8 Å². The van der Waals surface area contributed by atoms with Gasteiger partial charge >= 0.3 is 0 Å². The maximum Gasteiger partial charge on any atom is 0.0996 e. The van der Waals surface area contributed by atoms with Gasteiger partial charge in [-0.2, -0.15) is 15.0 Å². The average molecular weight is 238 g/mol. The molecule has 0 aliphatic carbocycles. The molecule has 2 rings (SSSR count). The van der Waals surface area contributed by atoms with Crippen molar-refractivity contribution in [3.05, 3.63) is 11.9 Å². The van der Waals surface area contributed by atoms with Crippen molar-refractivity contribution in [1.82, 2.24) is 20.3 Å². The molecule has 0 bridgehead atoms. The van der Waals surface area contributed by atoms with Gasteiger partial charge in [-0.15, -0.1) is 0 Å². The molecular weight excluding hydrogens is 216 g/mol. The number of ether oxygens (including phenoxy) is 1. The maximum atomic E-state index is 5.65. The zero-order valence-electron chi connectivity index (χ0n) is 10.7. The lowest BCUT2D eigenvalue weighted by atomic mass is 10.0. The van der Waals surface area contributed by atoms with E-state index in [1.54, 1.807) is 4.80 Å². The second kappa shape index (κ2) is 6.12. The van der Waals surface area contributed by atoms with Gasteiger partial charge in [-0.05, 0) is 32.2 Å². The first-order valence-electron chi connectivity index (χ1n) is 6.50. The molecule has 1 aromatic heterocycles. The van der Waals surface area contributed by atoms with Crippen LogP contribution in [0.3, 0.4) is 0 Å². The fraction of sp³-hybridized carbons (Fsp3) is 0.833. The first-order valence-corrected chi connectivity index (χ1v) is 6.50. The van der Waals surface area contributed by atoms with Gasteiger partial charge in [0.15, 0.2) is 0 Å². The monoisotopic (exact) mass is 238 g/mol. The second-order valence-corrected chi connectivity index (χ2v) is 4.58. The van der Waals surface area contributed by atoms with Crippen LogP contribution in [0.5, 0.6) is 0 Å². The van der Waals surface area contributed by atoms with Gasteiger partial charge < -0.3 is 10.1 Å². The third-order valence-electron chi connectivity index (χ3n) is 3.23. The van der Waals surface area contributed by atoms with Gasteiger partial charge in [-0.25, -0.2) is 0 Å². The van der Waals surface area contributed by atoms with Crippen LogP contribution in [0.2, 0.25) is 0 Å². The van der Waals surface area contributed by atoms with Crippen molar-refractivity contribution >= 4 is 0 Å². The molecule has 1 N–H and O–H groups in total. The van der Waals surface area contributed by atoms with Gasteiger partial charge in [-0.3, -0.25) is 0 Å². The smallest absolute Gasteiger partial charge is 0.0996 e. The van der Waals surface area contributed by atoms with Crippen molar-refractivity contribution in [2.24, 2.45) is 7.05 Å². The number of hydrogen-bond acceptors (Lipinski definition) is 4. The molecule has 17 heavy (non-hydrogen) atoms. The number of nitrogens with zero attached hydrogens (tertiary/aromatic N) is 3. The Balaban J connectivity index is 1.87. The van der Waals surface area contributed by atoms with Crippen LogP contribution in [0.1, 0.15) is 44.3 Å². The zero-order valence-corrected chi connectivity index (χ0v) is 10.7. The molecule has 1 aromatic rings. The number of aryl methyl sites for hydroxylation is 1. The molecule has 2 atom stereocenters. The van der Waals surface area contributed by atoms with Crippen LogP contribution in [0, 0.1) is 0 Å². The molecule has 1 saturated heterocycles. The summed E-state index contributed by atoms with van der Waals surface area (Å²) < 4.78 is 5.65. The summed E-state index contributed by atoms with van der Waals surface area (Å²) in [4.78, 5) is 1.62. The van der Waals surface area contributed by atoms with Gasteiger partial charge in [0.25, 0.3) is 0 Å². The highest BCUT2D eigenvalue weighted by molar-refractivity contribution is 5.00. The van der Waals surface area contributed by atoms with E-state index in [0.29, 0.717) is 12.1 Å². The van der Waals surface area contributed by atoms with Crippen molar-refractivity contribution in [1.29, 1.82) is 0 Å². The number of nitrogens with one attached hydrogen (secondary N) is 1. The van der Waals surface area contributed by atoms with Crippen LogP contribution in [0.4, 0.5) is 0 Å². The summed E-state index contributed by atoms with van der Waals surface area (Å²) >= 11 is 0. The standard InChI is InChI=1S/C12H22N4O/c1-3-13-11(12-9-14-16(2)15-12)7-6-10-5-4-8-17-10/h9-11,13H,3-8H2,1-2H3. The second-order valence-electron chi connectivity index (χ2n) is 4.58. The Morgan fingerprint density at radius 3 is 3.12 bits per heavy atom. The van der Waals surface area contributed by atoms with Crippen molar-refractivity contribution in [2.75, 3.05) is 13.2 Å². The Bertz CT molecular complexity index is 333. The molecule has 2 unspecified atom stereocenters. The van der Waals surface area contributed by atoms with E-state index in [4.69, 9.17) is 4.74 Å². The third-order valence-corrected chi connectivity index (χ3v) is 3.23. The van der Waals surface area contributed by atoms with E-state index >= 15 is 0 Å². The van der Waals surface area contributed by atoms with E-state index in [1.807, 2.05) is 13.2 Å². The van der Waals surface area contributed by atoms with Gasteiger partial charge in [0.2, 0.25) is 0 Å². The minimum atomic E-state index is 0.304. The molecule has 1 aliphatic heterocycles. The molecule has 1 fully saturated rings. The van der Waals surface area contributed by atoms with E-state index in [9.17, 15) is 0 Å². The first kappa shape index (κ1) is 12.5. The molecule has 0 spiro atoms. The maximum absolute atomic E-state index is 5.65. The van der Waals surface area contributed by atoms with Crippen molar-refractivity contribution in [3.8, 4) is 0 Å². The van der Waals surface area contributed by atoms with Crippen molar-refractivity contribution in [2.45, 2.75) is 44.8 Å². The zero-order chi connectivity index (χ0) is 12.1. The quantitative estimate of drug-likeness (QED) is 0.814. The summed E-state index contributed by atoms with van der Waals surface area (Å²) in [6.45, 7) is 4.00. The molecule has 0 aromatic carbocycles. The number of hydrogen-bond donors (Lipinski definition) is 1. The van der Waals surface area contributed by atoms with E-state index in [0.717, 1.165) is 31.7 Å². The fourth-order valence-corrected chi connectivity index (χ4v) is 2.35. The van der Waals surface area contributed by atoms with Crippen molar-refractivity contribution < 1.29 is 4.74 Å². The number of rotatable bonds is 6. The van der Waals surface area contributed by atoms with Crippen LogP contribution >= 0.6 is 0 Å². The van der Waals surface area contributed by atoms with Crippen LogP contribution in [-0.4, -0.2) is 34.2 Å². The lowest BCUT2D eigenvalue weighted by Gasteiger charge is -2.17. The summed E-state index contributed by atoms with van der Waals surface area (Å²) in [5.41, 5.74) is 1.03. The van der Waals surface area contributed by atoms with Crippen LogP contribution in [0.15, 0.2) is 6.20 Å². The Kier molecular flexibility index (Phi) is 4.50. The van der Waals surface area contributed by atoms with Gasteiger partial charge in [0.1, 0.15) is 0 Å².